The molecule has 148 valence electrons. The molecule has 0 aromatic rings. The van der Waals surface area contributed by atoms with E-state index >= 15 is 0 Å². The molecular formula is C18H36N2O4S. The topological polar surface area (TPSA) is 82.0 Å². The van der Waals surface area contributed by atoms with Crippen LogP contribution in [0, 0.1) is 0 Å². The Balaban J connectivity index is 2.82. The number of piperidine rings is 1. The first-order chi connectivity index (χ1) is 11.3. The van der Waals surface area contributed by atoms with Gasteiger partial charge in [0.25, 0.3) is 0 Å². The van der Waals surface area contributed by atoms with Gasteiger partial charge in [-0.25, -0.2) is 0 Å². The number of thioether (sulfide) groups is 1. The SMILES string of the molecule is CSCCC(NC1CC(C)(C)N(OCC(C)(C)O)C(C)(C)C1)C(=O)O. The van der Waals surface area contributed by atoms with Gasteiger partial charge in [-0.05, 0) is 72.8 Å². The molecule has 25 heavy (non-hydrogen) atoms. The van der Waals surface area contributed by atoms with Crippen molar-refractivity contribution in [3.63, 3.8) is 0 Å². The highest BCUT2D eigenvalue weighted by Crippen LogP contribution is 2.39. The zero-order chi connectivity index (χ0) is 19.5. The van der Waals surface area contributed by atoms with Crippen LogP contribution in [0.25, 0.3) is 0 Å². The highest BCUT2D eigenvalue weighted by Gasteiger charge is 2.47. The summed E-state index contributed by atoms with van der Waals surface area (Å²) in [5, 5.41) is 24.8. The molecular weight excluding hydrogens is 340 g/mol. The Morgan fingerprint density at radius 3 is 2.24 bits per heavy atom. The summed E-state index contributed by atoms with van der Waals surface area (Å²) in [6, 6.07) is -0.414. The molecule has 1 aliphatic heterocycles. The number of nitrogens with zero attached hydrogens (tertiary/aromatic N) is 1. The van der Waals surface area contributed by atoms with E-state index in [2.05, 4.69) is 33.0 Å². The summed E-state index contributed by atoms with van der Waals surface area (Å²) < 4.78 is 0. The van der Waals surface area contributed by atoms with Crippen LogP contribution >= 0.6 is 11.8 Å². The normalized spacial score (nSPS) is 22.7. The van der Waals surface area contributed by atoms with Crippen molar-refractivity contribution in [2.24, 2.45) is 0 Å². The smallest absolute Gasteiger partial charge is 0.320 e. The van der Waals surface area contributed by atoms with Gasteiger partial charge in [0, 0.05) is 17.1 Å². The lowest BCUT2D eigenvalue weighted by molar-refractivity contribution is -0.299. The predicted octanol–water partition coefficient (Wildman–Crippen LogP) is 2.51. The maximum atomic E-state index is 11.5. The van der Waals surface area contributed by atoms with Crippen molar-refractivity contribution < 1.29 is 19.8 Å². The number of aliphatic hydroxyl groups is 1. The second kappa shape index (κ2) is 8.57. The zero-order valence-corrected chi connectivity index (χ0v) is 17.6. The van der Waals surface area contributed by atoms with Crippen molar-refractivity contribution in [3.8, 4) is 0 Å². The molecule has 1 fully saturated rings. The summed E-state index contributed by atoms with van der Waals surface area (Å²) in [5.74, 6) is 0.0370. The minimum Gasteiger partial charge on any atom is -0.480 e. The number of rotatable bonds is 9. The van der Waals surface area contributed by atoms with E-state index in [0.29, 0.717) is 6.42 Å². The van der Waals surface area contributed by atoms with E-state index in [1.54, 1.807) is 25.6 Å². The fraction of sp³-hybridized carbons (Fsp3) is 0.944. The lowest BCUT2D eigenvalue weighted by Gasteiger charge is -2.54. The number of carboxylic acids is 1. The Morgan fingerprint density at radius 1 is 1.32 bits per heavy atom. The van der Waals surface area contributed by atoms with E-state index < -0.39 is 17.6 Å². The van der Waals surface area contributed by atoms with Crippen LogP contribution in [-0.4, -0.2) is 68.6 Å². The molecule has 3 N–H and O–H groups in total. The Morgan fingerprint density at radius 2 is 1.84 bits per heavy atom. The van der Waals surface area contributed by atoms with Gasteiger partial charge in [0.1, 0.15) is 6.04 Å². The van der Waals surface area contributed by atoms with Crippen molar-refractivity contribution in [3.05, 3.63) is 0 Å². The largest absolute Gasteiger partial charge is 0.480 e. The Hall–Kier alpha value is -0.340. The van der Waals surface area contributed by atoms with Crippen LogP contribution in [0.1, 0.15) is 60.8 Å². The van der Waals surface area contributed by atoms with Gasteiger partial charge in [-0.15, -0.1) is 0 Å². The van der Waals surface area contributed by atoms with Crippen molar-refractivity contribution in [2.45, 2.75) is 89.6 Å². The van der Waals surface area contributed by atoms with Gasteiger partial charge >= 0.3 is 5.97 Å². The number of hydroxylamine groups is 2. The van der Waals surface area contributed by atoms with Crippen molar-refractivity contribution in [2.75, 3.05) is 18.6 Å². The lowest BCUT2D eigenvalue weighted by Crippen LogP contribution is -2.65. The van der Waals surface area contributed by atoms with Crippen LogP contribution in [0.4, 0.5) is 0 Å². The van der Waals surface area contributed by atoms with Gasteiger partial charge in [-0.2, -0.15) is 16.8 Å². The molecule has 0 aliphatic carbocycles. The molecule has 0 bridgehead atoms. The molecule has 0 saturated carbocycles. The number of nitrogens with one attached hydrogen (secondary N) is 1. The molecule has 0 spiro atoms. The van der Waals surface area contributed by atoms with E-state index in [0.717, 1.165) is 18.6 Å². The second-order valence-electron chi connectivity index (χ2n) is 8.95. The van der Waals surface area contributed by atoms with E-state index in [4.69, 9.17) is 4.84 Å². The van der Waals surface area contributed by atoms with Gasteiger partial charge in [0.05, 0.1) is 12.2 Å². The van der Waals surface area contributed by atoms with Crippen LogP contribution in [0.2, 0.25) is 0 Å². The molecule has 1 saturated heterocycles. The molecule has 0 amide bonds. The fourth-order valence-electron chi connectivity index (χ4n) is 3.75. The molecule has 1 aliphatic rings. The molecule has 1 atom stereocenters. The lowest BCUT2D eigenvalue weighted by atomic mass is 9.78. The van der Waals surface area contributed by atoms with E-state index in [9.17, 15) is 15.0 Å². The summed E-state index contributed by atoms with van der Waals surface area (Å²) >= 11 is 1.66. The molecule has 7 heteroatoms. The quantitative estimate of drug-likeness (QED) is 0.570. The highest BCUT2D eigenvalue weighted by molar-refractivity contribution is 7.98. The number of aliphatic carboxylic acids is 1. The summed E-state index contributed by atoms with van der Waals surface area (Å²) in [7, 11) is 0. The zero-order valence-electron chi connectivity index (χ0n) is 16.8. The number of hydrogen-bond donors (Lipinski definition) is 3. The predicted molar refractivity (Wildman–Crippen MR) is 103 cm³/mol. The molecule has 0 aromatic carbocycles. The van der Waals surface area contributed by atoms with Gasteiger partial charge in [0.2, 0.25) is 0 Å². The standard InChI is InChI=1S/C18H36N2O4S/c1-16(2)10-13(19-14(15(21)22)8-9-25-7)11-17(3,4)20(16)24-12-18(5,6)23/h13-14,19,23H,8-12H2,1-7H3,(H,21,22). The average Bonchev–Trinajstić information content (AvgIpc) is 2.39. The maximum absolute atomic E-state index is 11.5. The van der Waals surface area contributed by atoms with Gasteiger partial charge in [0.15, 0.2) is 0 Å². The van der Waals surface area contributed by atoms with Crippen LogP contribution in [0.5, 0.6) is 0 Å². The van der Waals surface area contributed by atoms with Gasteiger partial charge < -0.3 is 15.5 Å². The molecule has 1 rings (SSSR count). The molecule has 1 heterocycles. The van der Waals surface area contributed by atoms with Crippen molar-refractivity contribution in [1.82, 2.24) is 10.4 Å². The van der Waals surface area contributed by atoms with E-state index in [-0.39, 0.29) is 23.7 Å². The highest BCUT2D eigenvalue weighted by atomic mass is 32.2. The summed E-state index contributed by atoms with van der Waals surface area (Å²) in [5.41, 5.74) is -1.44. The van der Waals surface area contributed by atoms with Crippen molar-refractivity contribution >= 4 is 17.7 Å². The molecule has 0 aromatic heterocycles. The Bertz CT molecular complexity index is 431. The summed E-state index contributed by atoms with van der Waals surface area (Å²) in [6.07, 6.45) is 4.17. The Labute approximate surface area is 156 Å². The first-order valence-corrected chi connectivity index (χ1v) is 10.3. The summed E-state index contributed by atoms with van der Waals surface area (Å²) in [6.45, 7) is 12.1. The van der Waals surface area contributed by atoms with Crippen molar-refractivity contribution in [1.29, 1.82) is 0 Å². The van der Waals surface area contributed by atoms with Crippen LogP contribution in [0.15, 0.2) is 0 Å². The summed E-state index contributed by atoms with van der Waals surface area (Å²) in [4.78, 5) is 17.5. The van der Waals surface area contributed by atoms with E-state index in [1.807, 2.05) is 11.3 Å². The number of hydrogen-bond acceptors (Lipinski definition) is 6. The third-order valence-electron chi connectivity index (χ3n) is 4.48. The van der Waals surface area contributed by atoms with E-state index in [1.165, 1.54) is 0 Å². The Kier molecular flexibility index (Phi) is 7.78. The molecule has 1 unspecified atom stereocenters. The number of carboxylic acid groups (broad SMARTS) is 1. The van der Waals surface area contributed by atoms with Gasteiger partial charge in [-0.3, -0.25) is 9.63 Å². The fourth-order valence-corrected chi connectivity index (χ4v) is 4.22. The van der Waals surface area contributed by atoms with Crippen LogP contribution in [0.3, 0.4) is 0 Å². The number of carbonyl (C=O) groups is 1. The maximum Gasteiger partial charge on any atom is 0.320 e. The third kappa shape index (κ3) is 7.06. The third-order valence-corrected chi connectivity index (χ3v) is 5.13. The minimum absolute atomic E-state index is 0.106. The first kappa shape index (κ1) is 22.7. The van der Waals surface area contributed by atoms with Crippen LogP contribution < -0.4 is 5.32 Å². The van der Waals surface area contributed by atoms with Gasteiger partial charge in [-0.1, -0.05) is 0 Å². The molecule has 6 nitrogen and oxygen atoms in total. The first-order valence-electron chi connectivity index (χ1n) is 8.92. The minimum atomic E-state index is -0.895. The van der Waals surface area contributed by atoms with Crippen LogP contribution in [-0.2, 0) is 9.63 Å². The molecule has 0 radical (unpaired) electrons. The average molecular weight is 377 g/mol. The monoisotopic (exact) mass is 376 g/mol. The second-order valence-corrected chi connectivity index (χ2v) is 9.93.